The topological polar surface area (TPSA) is 91.8 Å². The summed E-state index contributed by atoms with van der Waals surface area (Å²) < 4.78 is 28.1. The SMILES string of the molecule is Fc1ccnc(F)c1Nc1cc(-c2nc(N3CCNCC3)c3c(C4CC4)cncc3n2)ccn1. The number of halogens is 2. The van der Waals surface area contributed by atoms with Crippen LogP contribution in [-0.2, 0) is 0 Å². The van der Waals surface area contributed by atoms with Gasteiger partial charge in [-0.25, -0.2) is 24.3 Å². The van der Waals surface area contributed by atoms with Gasteiger partial charge in [-0.15, -0.1) is 0 Å². The minimum Gasteiger partial charge on any atom is -0.353 e. The van der Waals surface area contributed by atoms with Crippen molar-refractivity contribution in [2.24, 2.45) is 0 Å². The molecule has 2 aliphatic rings. The quantitative estimate of drug-likeness (QED) is 0.435. The number of hydrogen-bond donors (Lipinski definition) is 2. The highest BCUT2D eigenvalue weighted by atomic mass is 19.1. The maximum Gasteiger partial charge on any atom is 0.239 e. The van der Waals surface area contributed by atoms with Crippen molar-refractivity contribution in [3.05, 3.63) is 60.3 Å². The molecule has 172 valence electrons. The molecule has 5 heterocycles. The molecule has 4 aromatic heterocycles. The Labute approximate surface area is 194 Å². The molecule has 8 nitrogen and oxygen atoms in total. The number of rotatable bonds is 5. The van der Waals surface area contributed by atoms with E-state index in [4.69, 9.17) is 9.97 Å². The van der Waals surface area contributed by atoms with Gasteiger partial charge >= 0.3 is 0 Å². The van der Waals surface area contributed by atoms with Crippen LogP contribution in [0.3, 0.4) is 0 Å². The Hall–Kier alpha value is -3.79. The van der Waals surface area contributed by atoms with Crippen LogP contribution in [0, 0.1) is 11.8 Å². The highest BCUT2D eigenvalue weighted by Gasteiger charge is 2.29. The largest absolute Gasteiger partial charge is 0.353 e. The van der Waals surface area contributed by atoms with Gasteiger partial charge in [0.25, 0.3) is 0 Å². The van der Waals surface area contributed by atoms with Crippen molar-refractivity contribution in [1.29, 1.82) is 0 Å². The molecule has 6 rings (SSSR count). The number of nitrogens with one attached hydrogen (secondary N) is 2. The van der Waals surface area contributed by atoms with Crippen LogP contribution in [0.1, 0.15) is 24.3 Å². The molecule has 2 fully saturated rings. The average Bonchev–Trinajstić information content (AvgIpc) is 3.72. The standard InChI is InChI=1S/C24H22F2N8/c25-17-4-6-30-22(26)21(17)32-19-11-15(3-5-29-19)23-31-18-13-28-12-16(14-1-2-14)20(18)24(33-23)34-9-7-27-8-10-34/h3-6,11-14,27H,1-2,7-10H2,(H,29,32). The van der Waals surface area contributed by atoms with Crippen LogP contribution in [0.4, 0.5) is 26.1 Å². The van der Waals surface area contributed by atoms with E-state index in [1.54, 1.807) is 24.5 Å². The van der Waals surface area contributed by atoms with Crippen LogP contribution < -0.4 is 15.5 Å². The number of pyridine rings is 3. The molecule has 1 aliphatic carbocycles. The summed E-state index contributed by atoms with van der Waals surface area (Å²) in [7, 11) is 0. The van der Waals surface area contributed by atoms with Gasteiger partial charge in [0.1, 0.15) is 17.3 Å². The molecule has 4 aromatic rings. The van der Waals surface area contributed by atoms with Crippen molar-refractivity contribution in [1.82, 2.24) is 30.2 Å². The number of fused-ring (bicyclic) bond motifs is 1. The van der Waals surface area contributed by atoms with Gasteiger partial charge in [-0.2, -0.15) is 4.39 Å². The van der Waals surface area contributed by atoms with Crippen molar-refractivity contribution in [2.45, 2.75) is 18.8 Å². The van der Waals surface area contributed by atoms with E-state index >= 15 is 0 Å². The lowest BCUT2D eigenvalue weighted by atomic mass is 10.1. The normalized spacial score (nSPS) is 16.1. The Kier molecular flexibility index (Phi) is 5.21. The maximum absolute atomic E-state index is 14.1. The van der Waals surface area contributed by atoms with Gasteiger partial charge in [0.15, 0.2) is 11.6 Å². The zero-order valence-electron chi connectivity index (χ0n) is 18.3. The molecule has 0 spiro atoms. The second-order valence-corrected chi connectivity index (χ2v) is 8.52. The summed E-state index contributed by atoms with van der Waals surface area (Å²) in [6.45, 7) is 3.47. The summed E-state index contributed by atoms with van der Waals surface area (Å²) in [5.74, 6) is 0.499. The fourth-order valence-electron chi connectivity index (χ4n) is 4.32. The van der Waals surface area contributed by atoms with Crippen LogP contribution >= 0.6 is 0 Å². The molecular weight excluding hydrogens is 438 g/mol. The van der Waals surface area contributed by atoms with Crippen LogP contribution in [0.15, 0.2) is 43.0 Å². The highest BCUT2D eigenvalue weighted by Crippen LogP contribution is 2.44. The molecule has 34 heavy (non-hydrogen) atoms. The van der Waals surface area contributed by atoms with Crippen LogP contribution in [0.2, 0.25) is 0 Å². The molecule has 1 saturated carbocycles. The Balaban J connectivity index is 1.44. The molecule has 0 unspecified atom stereocenters. The number of nitrogens with zero attached hydrogens (tertiary/aromatic N) is 6. The highest BCUT2D eigenvalue weighted by molar-refractivity contribution is 5.94. The molecule has 0 radical (unpaired) electrons. The molecule has 0 amide bonds. The summed E-state index contributed by atoms with van der Waals surface area (Å²) in [6, 6.07) is 4.54. The van der Waals surface area contributed by atoms with Crippen molar-refractivity contribution in [3.8, 4) is 11.4 Å². The Morgan fingerprint density at radius 3 is 2.62 bits per heavy atom. The summed E-state index contributed by atoms with van der Waals surface area (Å²) in [4.78, 5) is 24.3. The second kappa shape index (κ2) is 8.53. The first-order valence-corrected chi connectivity index (χ1v) is 11.3. The van der Waals surface area contributed by atoms with E-state index in [2.05, 4.69) is 30.5 Å². The zero-order chi connectivity index (χ0) is 23.1. The van der Waals surface area contributed by atoms with E-state index < -0.39 is 11.8 Å². The van der Waals surface area contributed by atoms with E-state index in [0.717, 1.165) is 68.0 Å². The monoisotopic (exact) mass is 460 g/mol. The third kappa shape index (κ3) is 3.90. The second-order valence-electron chi connectivity index (χ2n) is 8.52. The lowest BCUT2D eigenvalue weighted by molar-refractivity contribution is 0.559. The van der Waals surface area contributed by atoms with Gasteiger partial charge < -0.3 is 15.5 Å². The summed E-state index contributed by atoms with van der Waals surface area (Å²) in [5, 5.41) is 7.14. The van der Waals surface area contributed by atoms with Crippen molar-refractivity contribution < 1.29 is 8.78 Å². The number of hydrogen-bond acceptors (Lipinski definition) is 8. The minimum absolute atomic E-state index is 0.264. The van der Waals surface area contributed by atoms with E-state index in [-0.39, 0.29) is 11.5 Å². The third-order valence-corrected chi connectivity index (χ3v) is 6.18. The van der Waals surface area contributed by atoms with E-state index in [1.807, 2.05) is 6.20 Å². The maximum atomic E-state index is 14.1. The molecule has 0 atom stereocenters. The fraction of sp³-hybridized carbons (Fsp3) is 0.292. The summed E-state index contributed by atoms with van der Waals surface area (Å²) in [5.41, 5.74) is 2.32. The van der Waals surface area contributed by atoms with Crippen LogP contribution in [0.25, 0.3) is 22.3 Å². The van der Waals surface area contributed by atoms with Gasteiger partial charge in [0, 0.05) is 55.7 Å². The van der Waals surface area contributed by atoms with E-state index in [1.165, 1.54) is 5.56 Å². The predicted octanol–water partition coefficient (Wildman–Crippen LogP) is 3.79. The van der Waals surface area contributed by atoms with Gasteiger partial charge in [-0.3, -0.25) is 4.98 Å². The minimum atomic E-state index is -0.936. The van der Waals surface area contributed by atoms with Gasteiger partial charge in [-0.1, -0.05) is 0 Å². The number of anilines is 3. The predicted molar refractivity (Wildman–Crippen MR) is 125 cm³/mol. The molecular formula is C24H22F2N8. The molecule has 1 saturated heterocycles. The molecule has 1 aliphatic heterocycles. The Bertz CT molecular complexity index is 1350. The van der Waals surface area contributed by atoms with Gasteiger partial charge in [0.2, 0.25) is 5.95 Å². The summed E-state index contributed by atoms with van der Waals surface area (Å²) in [6.07, 6.45) is 8.67. The Morgan fingerprint density at radius 2 is 1.82 bits per heavy atom. The van der Waals surface area contributed by atoms with Crippen molar-refractivity contribution >= 4 is 28.2 Å². The van der Waals surface area contributed by atoms with Gasteiger partial charge in [0.05, 0.1) is 11.7 Å². The van der Waals surface area contributed by atoms with Crippen molar-refractivity contribution in [3.63, 3.8) is 0 Å². The van der Waals surface area contributed by atoms with E-state index in [0.29, 0.717) is 17.3 Å². The molecule has 2 N–H and O–H groups in total. The fourth-order valence-corrected chi connectivity index (χ4v) is 4.32. The van der Waals surface area contributed by atoms with Crippen LogP contribution in [0.5, 0.6) is 0 Å². The van der Waals surface area contributed by atoms with Crippen molar-refractivity contribution in [2.75, 3.05) is 36.4 Å². The third-order valence-electron chi connectivity index (χ3n) is 6.18. The first-order valence-electron chi connectivity index (χ1n) is 11.3. The number of piperazine rings is 1. The molecule has 0 aromatic carbocycles. The van der Waals surface area contributed by atoms with Gasteiger partial charge in [-0.05, 0) is 42.5 Å². The average molecular weight is 460 g/mol. The smallest absolute Gasteiger partial charge is 0.239 e. The first kappa shape index (κ1) is 20.8. The first-order chi connectivity index (χ1) is 16.7. The molecule has 10 heteroatoms. The number of aromatic nitrogens is 5. The zero-order valence-corrected chi connectivity index (χ0v) is 18.3. The van der Waals surface area contributed by atoms with E-state index in [9.17, 15) is 8.78 Å². The lowest BCUT2D eigenvalue weighted by Crippen LogP contribution is -2.44. The van der Waals surface area contributed by atoms with Crippen LogP contribution in [-0.4, -0.2) is 51.1 Å². The summed E-state index contributed by atoms with van der Waals surface area (Å²) >= 11 is 0. The lowest BCUT2D eigenvalue weighted by Gasteiger charge is -2.30. The molecule has 0 bridgehead atoms. The Morgan fingerprint density at radius 1 is 1.00 bits per heavy atom.